The van der Waals surface area contributed by atoms with E-state index in [1.807, 2.05) is 25.1 Å². The van der Waals surface area contributed by atoms with Crippen molar-refractivity contribution < 1.29 is 5.11 Å². The third-order valence-corrected chi connectivity index (χ3v) is 3.16. The summed E-state index contributed by atoms with van der Waals surface area (Å²) in [5, 5.41) is 14.0. The van der Waals surface area contributed by atoms with Crippen LogP contribution in [0.1, 0.15) is 5.69 Å². The van der Waals surface area contributed by atoms with Crippen LogP contribution in [-0.2, 0) is 6.54 Å². The smallest absolute Gasteiger partial charge is 0.160 e. The molecule has 0 amide bonds. The van der Waals surface area contributed by atoms with Crippen molar-refractivity contribution in [1.82, 2.24) is 19.7 Å². The zero-order valence-electron chi connectivity index (χ0n) is 11.1. The Bertz CT molecular complexity index is 765. The Labute approximate surface area is 115 Å². The summed E-state index contributed by atoms with van der Waals surface area (Å²) in [4.78, 5) is 8.60. The first kappa shape index (κ1) is 12.6. The topological polar surface area (TPSA) is 89.8 Å². The fourth-order valence-electron chi connectivity index (χ4n) is 2.22. The molecule has 0 radical (unpaired) electrons. The summed E-state index contributed by atoms with van der Waals surface area (Å²) in [6, 6.07) is 5.90. The van der Waals surface area contributed by atoms with Gasteiger partial charge in [-0.15, -0.1) is 0 Å². The Morgan fingerprint density at radius 1 is 1.25 bits per heavy atom. The molecule has 0 saturated heterocycles. The van der Waals surface area contributed by atoms with Gasteiger partial charge in [0.05, 0.1) is 18.5 Å². The number of aliphatic hydroxyl groups is 1. The minimum atomic E-state index is 0.00318. The van der Waals surface area contributed by atoms with E-state index in [1.165, 1.54) is 0 Å². The zero-order valence-corrected chi connectivity index (χ0v) is 11.1. The second-order valence-corrected chi connectivity index (χ2v) is 4.61. The van der Waals surface area contributed by atoms with Gasteiger partial charge in [0.25, 0.3) is 0 Å². The number of aromatic nitrogens is 4. The molecule has 0 bridgehead atoms. The third-order valence-electron chi connectivity index (χ3n) is 3.16. The maximum absolute atomic E-state index is 9.02. The molecule has 3 aromatic rings. The largest absolute Gasteiger partial charge is 0.394 e. The maximum atomic E-state index is 9.02. The number of fused-ring (bicyclic) bond motifs is 1. The average molecular weight is 269 g/mol. The van der Waals surface area contributed by atoms with Crippen LogP contribution < -0.4 is 5.73 Å². The molecule has 0 aromatic carbocycles. The first-order chi connectivity index (χ1) is 9.69. The molecule has 20 heavy (non-hydrogen) atoms. The van der Waals surface area contributed by atoms with Crippen molar-refractivity contribution in [3.05, 3.63) is 36.3 Å². The minimum absolute atomic E-state index is 0.00318. The third kappa shape index (κ3) is 2.10. The molecule has 3 rings (SSSR count). The Kier molecular flexibility index (Phi) is 3.08. The van der Waals surface area contributed by atoms with E-state index in [0.29, 0.717) is 18.0 Å². The molecule has 0 atom stereocenters. The normalized spacial score (nSPS) is 11.1. The summed E-state index contributed by atoms with van der Waals surface area (Å²) in [5.41, 5.74) is 9.57. The van der Waals surface area contributed by atoms with Gasteiger partial charge >= 0.3 is 0 Å². The highest BCUT2D eigenvalue weighted by atomic mass is 16.3. The van der Waals surface area contributed by atoms with Gasteiger partial charge in [0.15, 0.2) is 11.5 Å². The fraction of sp³-hybridized carbons (Fsp3) is 0.214. The van der Waals surface area contributed by atoms with Gasteiger partial charge < -0.3 is 10.8 Å². The Morgan fingerprint density at radius 2 is 2.10 bits per heavy atom. The molecule has 3 heterocycles. The highest BCUT2D eigenvalue weighted by molar-refractivity contribution is 5.89. The summed E-state index contributed by atoms with van der Waals surface area (Å²) in [6.07, 6.45) is 3.56. The lowest BCUT2D eigenvalue weighted by atomic mass is 10.1. The van der Waals surface area contributed by atoms with Crippen molar-refractivity contribution in [1.29, 1.82) is 0 Å². The number of nitrogen functional groups attached to an aromatic ring is 1. The molecule has 0 aliphatic rings. The van der Waals surface area contributed by atoms with Gasteiger partial charge in [-0.1, -0.05) is 0 Å². The molecule has 3 N–H and O–H groups in total. The van der Waals surface area contributed by atoms with E-state index in [-0.39, 0.29) is 6.61 Å². The summed E-state index contributed by atoms with van der Waals surface area (Å²) >= 11 is 0. The van der Waals surface area contributed by atoms with Crippen LogP contribution in [0.15, 0.2) is 30.6 Å². The van der Waals surface area contributed by atoms with Crippen LogP contribution in [0.5, 0.6) is 0 Å². The monoisotopic (exact) mass is 269 g/mol. The summed E-state index contributed by atoms with van der Waals surface area (Å²) in [5.74, 6) is 0.425. The number of aliphatic hydroxyl groups excluding tert-OH is 1. The molecule has 102 valence electrons. The molecule has 0 unspecified atom stereocenters. The van der Waals surface area contributed by atoms with Crippen molar-refractivity contribution in [2.24, 2.45) is 0 Å². The van der Waals surface area contributed by atoms with Crippen molar-refractivity contribution in [3.8, 4) is 11.1 Å². The van der Waals surface area contributed by atoms with Gasteiger partial charge in [-0.2, -0.15) is 5.10 Å². The number of rotatable bonds is 3. The van der Waals surface area contributed by atoms with Crippen LogP contribution >= 0.6 is 0 Å². The van der Waals surface area contributed by atoms with Gasteiger partial charge in [-0.3, -0.25) is 4.98 Å². The quantitative estimate of drug-likeness (QED) is 0.749. The highest BCUT2D eigenvalue weighted by Gasteiger charge is 2.10. The van der Waals surface area contributed by atoms with Gasteiger partial charge in [0, 0.05) is 23.7 Å². The minimum Gasteiger partial charge on any atom is -0.394 e. The summed E-state index contributed by atoms with van der Waals surface area (Å²) < 4.78 is 1.62. The Hall–Kier alpha value is -2.47. The van der Waals surface area contributed by atoms with Crippen LogP contribution in [-0.4, -0.2) is 31.5 Å². The highest BCUT2D eigenvalue weighted by Crippen LogP contribution is 2.25. The van der Waals surface area contributed by atoms with E-state index in [4.69, 9.17) is 10.8 Å². The van der Waals surface area contributed by atoms with Crippen LogP contribution in [0.4, 0.5) is 5.82 Å². The lowest BCUT2D eigenvalue weighted by Crippen LogP contribution is -2.04. The van der Waals surface area contributed by atoms with Gasteiger partial charge in [0.2, 0.25) is 0 Å². The molecular weight excluding hydrogens is 254 g/mol. The van der Waals surface area contributed by atoms with Gasteiger partial charge in [0.1, 0.15) is 0 Å². The second-order valence-electron chi connectivity index (χ2n) is 4.61. The van der Waals surface area contributed by atoms with E-state index in [0.717, 1.165) is 22.2 Å². The molecule has 3 aromatic heterocycles. The van der Waals surface area contributed by atoms with Crippen LogP contribution in [0, 0.1) is 6.92 Å². The van der Waals surface area contributed by atoms with Crippen LogP contribution in [0.25, 0.3) is 22.2 Å². The number of hydrogen-bond donors (Lipinski definition) is 2. The number of pyridine rings is 2. The van der Waals surface area contributed by atoms with Crippen LogP contribution in [0.3, 0.4) is 0 Å². The Balaban J connectivity index is 2.13. The van der Waals surface area contributed by atoms with Crippen molar-refractivity contribution in [2.75, 3.05) is 12.3 Å². The van der Waals surface area contributed by atoms with Crippen molar-refractivity contribution in [2.45, 2.75) is 13.5 Å². The lowest BCUT2D eigenvalue weighted by Gasteiger charge is -2.03. The number of nitrogens with zero attached hydrogens (tertiary/aromatic N) is 4. The molecular formula is C14H15N5O. The zero-order chi connectivity index (χ0) is 14.1. The predicted molar refractivity (Wildman–Crippen MR) is 77.0 cm³/mol. The molecule has 6 nitrogen and oxygen atoms in total. The molecule has 0 aliphatic heterocycles. The van der Waals surface area contributed by atoms with E-state index in [2.05, 4.69) is 15.1 Å². The van der Waals surface area contributed by atoms with E-state index < -0.39 is 0 Å². The lowest BCUT2D eigenvalue weighted by molar-refractivity contribution is 0.271. The van der Waals surface area contributed by atoms with Crippen molar-refractivity contribution in [3.63, 3.8) is 0 Å². The molecule has 0 spiro atoms. The SMILES string of the molecule is Cc1cc(-c2cnc3c(c2)c(N)nn3CCO)ccn1. The summed E-state index contributed by atoms with van der Waals surface area (Å²) in [7, 11) is 0. The molecule has 0 fully saturated rings. The van der Waals surface area contributed by atoms with Crippen molar-refractivity contribution >= 4 is 16.9 Å². The summed E-state index contributed by atoms with van der Waals surface area (Å²) in [6.45, 7) is 2.33. The van der Waals surface area contributed by atoms with Gasteiger partial charge in [-0.05, 0) is 30.7 Å². The predicted octanol–water partition coefficient (Wildman–Crippen LogP) is 1.38. The second kappa shape index (κ2) is 4.90. The van der Waals surface area contributed by atoms with E-state index in [1.54, 1.807) is 17.1 Å². The molecule has 0 saturated carbocycles. The average Bonchev–Trinajstić information content (AvgIpc) is 2.76. The Morgan fingerprint density at radius 3 is 2.85 bits per heavy atom. The number of hydrogen-bond acceptors (Lipinski definition) is 5. The number of nitrogens with two attached hydrogens (primary N) is 1. The standard InChI is InChI=1S/C14H15N5O/c1-9-6-10(2-3-16-9)11-7-12-13(15)18-19(4-5-20)14(12)17-8-11/h2-3,6-8,20H,4-5H2,1H3,(H2,15,18). The van der Waals surface area contributed by atoms with E-state index >= 15 is 0 Å². The first-order valence-electron chi connectivity index (χ1n) is 6.35. The number of anilines is 1. The maximum Gasteiger partial charge on any atom is 0.160 e. The fourth-order valence-corrected chi connectivity index (χ4v) is 2.22. The number of aryl methyl sites for hydroxylation is 1. The molecule has 0 aliphatic carbocycles. The first-order valence-corrected chi connectivity index (χ1v) is 6.35. The molecule has 6 heteroatoms. The van der Waals surface area contributed by atoms with Crippen LogP contribution in [0.2, 0.25) is 0 Å². The van der Waals surface area contributed by atoms with Gasteiger partial charge in [-0.25, -0.2) is 9.67 Å². The van der Waals surface area contributed by atoms with E-state index in [9.17, 15) is 0 Å².